The summed E-state index contributed by atoms with van der Waals surface area (Å²) in [6, 6.07) is 10.2. The molecule has 1 aliphatic heterocycles. The fraction of sp³-hybridized carbons (Fsp3) is 0.300. The highest BCUT2D eigenvalue weighted by atomic mass is 16.2. The number of nitrogens with one attached hydrogen (secondary N) is 1. The van der Waals surface area contributed by atoms with Gasteiger partial charge in [0.2, 0.25) is 0 Å². The van der Waals surface area contributed by atoms with E-state index in [0.717, 1.165) is 41.9 Å². The van der Waals surface area contributed by atoms with Gasteiger partial charge in [0.1, 0.15) is 5.69 Å². The molecule has 0 unspecified atom stereocenters. The van der Waals surface area contributed by atoms with E-state index < -0.39 is 0 Å². The Morgan fingerprint density at radius 3 is 2.77 bits per heavy atom. The van der Waals surface area contributed by atoms with Gasteiger partial charge in [-0.25, -0.2) is 4.98 Å². The summed E-state index contributed by atoms with van der Waals surface area (Å²) in [4.78, 5) is 23.1. The molecule has 1 aliphatic rings. The van der Waals surface area contributed by atoms with Crippen molar-refractivity contribution in [3.63, 3.8) is 0 Å². The summed E-state index contributed by atoms with van der Waals surface area (Å²) in [5.41, 5.74) is 4.57. The third kappa shape index (κ3) is 3.22. The summed E-state index contributed by atoms with van der Waals surface area (Å²) in [5, 5.41) is 7.43. The minimum absolute atomic E-state index is 0.0528. The molecule has 0 spiro atoms. The van der Waals surface area contributed by atoms with Gasteiger partial charge in [-0.3, -0.25) is 14.9 Å². The number of nitrogens with zero attached hydrogens (tertiary/aromatic N) is 4. The van der Waals surface area contributed by atoms with E-state index in [1.807, 2.05) is 36.2 Å². The Morgan fingerprint density at radius 1 is 1.15 bits per heavy atom. The number of likely N-dealkylation sites (tertiary alicyclic amines) is 1. The Bertz CT molecular complexity index is 888. The highest BCUT2D eigenvalue weighted by Gasteiger charge is 2.28. The molecule has 1 aromatic carbocycles. The van der Waals surface area contributed by atoms with Crippen LogP contribution in [0, 0.1) is 6.92 Å². The van der Waals surface area contributed by atoms with Crippen molar-refractivity contribution in [1.82, 2.24) is 25.1 Å². The van der Waals surface area contributed by atoms with Gasteiger partial charge in [0.05, 0.1) is 18.1 Å². The summed E-state index contributed by atoms with van der Waals surface area (Å²) in [6.07, 6.45) is 7.06. The molecule has 1 amide bonds. The van der Waals surface area contributed by atoms with Crippen molar-refractivity contribution < 1.29 is 4.79 Å². The molecule has 0 saturated carbocycles. The summed E-state index contributed by atoms with van der Waals surface area (Å²) >= 11 is 0. The van der Waals surface area contributed by atoms with Crippen LogP contribution in [0.3, 0.4) is 0 Å². The monoisotopic (exact) mass is 347 g/mol. The lowest BCUT2D eigenvalue weighted by Gasteiger charge is -2.32. The van der Waals surface area contributed by atoms with Gasteiger partial charge in [0.15, 0.2) is 0 Å². The van der Waals surface area contributed by atoms with E-state index in [9.17, 15) is 4.79 Å². The fourth-order valence-electron chi connectivity index (χ4n) is 3.52. The SMILES string of the molecule is Cc1cnc(C(=O)N2CCC[C@H](c3[nH]ncc3-c3ccccc3)C2)cn1. The third-order valence-corrected chi connectivity index (χ3v) is 4.87. The van der Waals surface area contributed by atoms with Gasteiger partial charge in [0, 0.05) is 36.5 Å². The number of amides is 1. The molecule has 6 nitrogen and oxygen atoms in total. The average Bonchev–Trinajstić information content (AvgIpc) is 3.19. The lowest BCUT2D eigenvalue weighted by atomic mass is 9.90. The molecule has 1 saturated heterocycles. The zero-order chi connectivity index (χ0) is 17.9. The normalized spacial score (nSPS) is 17.3. The molecule has 3 heterocycles. The van der Waals surface area contributed by atoms with Crippen LogP contribution in [0.5, 0.6) is 0 Å². The Labute approximate surface area is 152 Å². The molecule has 2 aromatic heterocycles. The molecule has 6 heteroatoms. The van der Waals surface area contributed by atoms with Crippen LogP contribution in [0.15, 0.2) is 48.9 Å². The number of H-pyrrole nitrogens is 1. The second kappa shape index (κ2) is 7.07. The standard InChI is InChI=1S/C20H21N5O/c1-14-10-22-18(12-21-14)20(26)25-9-5-8-16(13-25)19-17(11-23-24-19)15-6-3-2-4-7-15/h2-4,6-7,10-12,16H,5,8-9,13H2,1H3,(H,23,24)/t16-/m0/s1. The van der Waals surface area contributed by atoms with Crippen LogP contribution >= 0.6 is 0 Å². The average molecular weight is 347 g/mol. The molecular formula is C20H21N5O. The molecule has 4 rings (SSSR count). The minimum Gasteiger partial charge on any atom is -0.337 e. The van der Waals surface area contributed by atoms with Crippen LogP contribution in [-0.2, 0) is 0 Å². The maximum absolute atomic E-state index is 12.8. The van der Waals surface area contributed by atoms with Gasteiger partial charge in [-0.2, -0.15) is 5.10 Å². The van der Waals surface area contributed by atoms with E-state index in [0.29, 0.717) is 12.2 Å². The predicted octanol–water partition coefficient (Wildman–Crippen LogP) is 3.19. The zero-order valence-electron chi connectivity index (χ0n) is 14.7. The van der Waals surface area contributed by atoms with E-state index in [2.05, 4.69) is 32.3 Å². The number of aryl methyl sites for hydroxylation is 1. The van der Waals surface area contributed by atoms with E-state index in [1.165, 1.54) is 0 Å². The molecule has 1 fully saturated rings. The van der Waals surface area contributed by atoms with Crippen molar-refractivity contribution in [3.05, 3.63) is 66.0 Å². The molecular weight excluding hydrogens is 326 g/mol. The summed E-state index contributed by atoms with van der Waals surface area (Å²) < 4.78 is 0. The first kappa shape index (κ1) is 16.4. The van der Waals surface area contributed by atoms with E-state index in [1.54, 1.807) is 12.4 Å². The lowest BCUT2D eigenvalue weighted by molar-refractivity contribution is 0.0699. The van der Waals surface area contributed by atoms with Crippen molar-refractivity contribution in [2.75, 3.05) is 13.1 Å². The van der Waals surface area contributed by atoms with Crippen LogP contribution < -0.4 is 0 Å². The van der Waals surface area contributed by atoms with Crippen LogP contribution in [0.2, 0.25) is 0 Å². The number of hydrogen-bond acceptors (Lipinski definition) is 4. The van der Waals surface area contributed by atoms with Crippen LogP contribution in [-0.4, -0.2) is 44.1 Å². The molecule has 0 radical (unpaired) electrons. The second-order valence-electron chi connectivity index (χ2n) is 6.70. The molecule has 1 N–H and O–H groups in total. The zero-order valence-corrected chi connectivity index (χ0v) is 14.7. The molecule has 3 aromatic rings. The van der Waals surface area contributed by atoms with Gasteiger partial charge in [-0.15, -0.1) is 0 Å². The van der Waals surface area contributed by atoms with Crippen molar-refractivity contribution in [2.24, 2.45) is 0 Å². The maximum atomic E-state index is 12.8. The topological polar surface area (TPSA) is 74.8 Å². The Balaban J connectivity index is 1.55. The first-order valence-electron chi connectivity index (χ1n) is 8.89. The second-order valence-corrected chi connectivity index (χ2v) is 6.70. The minimum atomic E-state index is -0.0528. The summed E-state index contributed by atoms with van der Waals surface area (Å²) in [6.45, 7) is 3.28. The Hall–Kier alpha value is -3.02. The first-order valence-corrected chi connectivity index (χ1v) is 8.89. The van der Waals surface area contributed by atoms with Crippen molar-refractivity contribution in [1.29, 1.82) is 0 Å². The Kier molecular flexibility index (Phi) is 4.48. The lowest BCUT2D eigenvalue weighted by Crippen LogP contribution is -2.39. The van der Waals surface area contributed by atoms with Crippen LogP contribution in [0.4, 0.5) is 0 Å². The van der Waals surface area contributed by atoms with Gasteiger partial charge in [0.25, 0.3) is 5.91 Å². The highest BCUT2D eigenvalue weighted by Crippen LogP contribution is 2.33. The van der Waals surface area contributed by atoms with E-state index in [4.69, 9.17) is 0 Å². The van der Waals surface area contributed by atoms with Gasteiger partial charge >= 0.3 is 0 Å². The first-order chi connectivity index (χ1) is 12.7. The summed E-state index contributed by atoms with van der Waals surface area (Å²) in [5.74, 6) is 0.187. The van der Waals surface area contributed by atoms with E-state index in [-0.39, 0.29) is 11.8 Å². The molecule has 0 aliphatic carbocycles. The number of benzene rings is 1. The third-order valence-electron chi connectivity index (χ3n) is 4.87. The number of aromatic nitrogens is 4. The molecule has 26 heavy (non-hydrogen) atoms. The Morgan fingerprint density at radius 2 is 2.00 bits per heavy atom. The van der Waals surface area contributed by atoms with Gasteiger partial charge in [-0.05, 0) is 25.3 Å². The number of rotatable bonds is 3. The molecule has 0 bridgehead atoms. The quantitative estimate of drug-likeness (QED) is 0.789. The van der Waals surface area contributed by atoms with Crippen molar-refractivity contribution in [3.8, 4) is 11.1 Å². The highest BCUT2D eigenvalue weighted by molar-refractivity contribution is 5.92. The van der Waals surface area contributed by atoms with Crippen LogP contribution in [0.1, 0.15) is 40.6 Å². The number of aromatic amines is 1. The molecule has 1 atom stereocenters. The van der Waals surface area contributed by atoms with Gasteiger partial charge < -0.3 is 4.90 Å². The van der Waals surface area contributed by atoms with Gasteiger partial charge in [-0.1, -0.05) is 30.3 Å². The maximum Gasteiger partial charge on any atom is 0.274 e. The number of piperidine rings is 1. The van der Waals surface area contributed by atoms with Crippen molar-refractivity contribution >= 4 is 5.91 Å². The molecule has 132 valence electrons. The largest absolute Gasteiger partial charge is 0.337 e. The van der Waals surface area contributed by atoms with E-state index >= 15 is 0 Å². The summed E-state index contributed by atoms with van der Waals surface area (Å²) in [7, 11) is 0. The number of hydrogen-bond donors (Lipinski definition) is 1. The van der Waals surface area contributed by atoms with Crippen molar-refractivity contribution in [2.45, 2.75) is 25.7 Å². The van der Waals surface area contributed by atoms with Crippen LogP contribution in [0.25, 0.3) is 11.1 Å². The number of carbonyl (C=O) groups is 1. The fourth-order valence-corrected chi connectivity index (χ4v) is 3.52. The smallest absolute Gasteiger partial charge is 0.274 e. The predicted molar refractivity (Wildman–Crippen MR) is 98.7 cm³/mol. The number of carbonyl (C=O) groups excluding carboxylic acids is 1.